The number of rotatable bonds is 4. The Hall–Kier alpha value is -2.85. The van der Waals surface area contributed by atoms with Crippen LogP contribution in [0.25, 0.3) is 10.9 Å². The summed E-state index contributed by atoms with van der Waals surface area (Å²) < 4.78 is 1.01. The summed E-state index contributed by atoms with van der Waals surface area (Å²) in [5.74, 6) is -0.0937. The molecule has 3 nitrogen and oxygen atoms in total. The summed E-state index contributed by atoms with van der Waals surface area (Å²) in [6.07, 6.45) is 1.97. The molecule has 1 atom stereocenters. The maximum Gasteiger partial charge on any atom is 0.252 e. The first-order valence-corrected chi connectivity index (χ1v) is 9.19. The third-order valence-electron chi connectivity index (χ3n) is 4.43. The summed E-state index contributed by atoms with van der Waals surface area (Å²) in [6.45, 7) is 0. The highest BCUT2D eigenvalue weighted by atomic mass is 79.9. The molecule has 0 aliphatic heterocycles. The molecule has 1 aromatic heterocycles. The summed E-state index contributed by atoms with van der Waals surface area (Å²) in [7, 11) is 0. The van der Waals surface area contributed by atoms with Gasteiger partial charge in [-0.25, -0.2) is 0 Å². The number of carbonyl (C=O) groups is 1. The van der Waals surface area contributed by atoms with Crippen LogP contribution in [-0.2, 0) is 0 Å². The molecule has 0 bridgehead atoms. The van der Waals surface area contributed by atoms with E-state index in [4.69, 9.17) is 0 Å². The highest BCUT2D eigenvalue weighted by molar-refractivity contribution is 9.10. The zero-order valence-corrected chi connectivity index (χ0v) is 15.5. The predicted molar refractivity (Wildman–Crippen MR) is 108 cm³/mol. The van der Waals surface area contributed by atoms with Crippen molar-refractivity contribution in [3.05, 3.63) is 106 Å². The van der Waals surface area contributed by atoms with Crippen LogP contribution in [0.2, 0.25) is 0 Å². The fraction of sp³-hybridized carbons (Fsp3) is 0.0455. The molecule has 0 spiro atoms. The summed E-state index contributed by atoms with van der Waals surface area (Å²) in [6, 6.07) is 25.2. The number of amides is 1. The second-order valence-corrected chi connectivity index (χ2v) is 7.03. The Kier molecular flexibility index (Phi) is 4.59. The smallest absolute Gasteiger partial charge is 0.252 e. The first-order valence-electron chi connectivity index (χ1n) is 8.40. The van der Waals surface area contributed by atoms with Crippen molar-refractivity contribution in [2.24, 2.45) is 0 Å². The molecule has 1 unspecified atom stereocenters. The van der Waals surface area contributed by atoms with Gasteiger partial charge in [-0.05, 0) is 35.9 Å². The molecule has 0 radical (unpaired) electrons. The average Bonchev–Trinajstić information content (AvgIpc) is 3.10. The molecule has 26 heavy (non-hydrogen) atoms. The van der Waals surface area contributed by atoms with Crippen molar-refractivity contribution < 1.29 is 4.79 Å². The SMILES string of the molecule is O=C(NC(c1ccccc1)c1c[nH]c2ccc(Br)cc12)c1ccccc1. The van der Waals surface area contributed by atoms with Crippen molar-refractivity contribution in [1.29, 1.82) is 0 Å². The first-order chi connectivity index (χ1) is 12.7. The molecule has 0 aliphatic rings. The largest absolute Gasteiger partial charge is 0.361 e. The van der Waals surface area contributed by atoms with Crippen molar-refractivity contribution in [1.82, 2.24) is 10.3 Å². The van der Waals surface area contributed by atoms with E-state index in [1.54, 1.807) is 0 Å². The van der Waals surface area contributed by atoms with Gasteiger partial charge in [0.2, 0.25) is 0 Å². The van der Waals surface area contributed by atoms with Crippen LogP contribution in [0.5, 0.6) is 0 Å². The van der Waals surface area contributed by atoms with Gasteiger partial charge in [0.05, 0.1) is 6.04 Å². The van der Waals surface area contributed by atoms with Crippen LogP contribution in [0.1, 0.15) is 27.5 Å². The number of benzene rings is 3. The van der Waals surface area contributed by atoms with Crippen LogP contribution in [0.3, 0.4) is 0 Å². The number of hydrogen-bond acceptors (Lipinski definition) is 1. The summed E-state index contributed by atoms with van der Waals surface area (Å²) >= 11 is 3.54. The van der Waals surface area contributed by atoms with Crippen LogP contribution in [0.15, 0.2) is 89.5 Å². The van der Waals surface area contributed by atoms with Crippen LogP contribution in [0, 0.1) is 0 Å². The third kappa shape index (κ3) is 3.28. The Morgan fingerprint density at radius 2 is 1.62 bits per heavy atom. The molecule has 4 heteroatoms. The van der Waals surface area contributed by atoms with E-state index in [9.17, 15) is 4.79 Å². The Labute approximate surface area is 160 Å². The number of aromatic nitrogens is 1. The second kappa shape index (κ2) is 7.18. The zero-order valence-electron chi connectivity index (χ0n) is 13.9. The molecule has 0 aliphatic carbocycles. The van der Waals surface area contributed by atoms with E-state index < -0.39 is 0 Å². The number of nitrogens with one attached hydrogen (secondary N) is 2. The minimum atomic E-state index is -0.244. The van der Waals surface area contributed by atoms with Gasteiger partial charge in [0.15, 0.2) is 0 Å². The molecule has 2 N–H and O–H groups in total. The summed E-state index contributed by atoms with van der Waals surface area (Å²) in [5, 5.41) is 4.27. The van der Waals surface area contributed by atoms with Crippen LogP contribution in [-0.4, -0.2) is 10.9 Å². The van der Waals surface area contributed by atoms with Crippen molar-refractivity contribution in [3.63, 3.8) is 0 Å². The van der Waals surface area contributed by atoms with Crippen LogP contribution >= 0.6 is 15.9 Å². The van der Waals surface area contributed by atoms with Gasteiger partial charge in [-0.2, -0.15) is 0 Å². The van der Waals surface area contributed by atoms with Crippen LogP contribution < -0.4 is 5.32 Å². The van der Waals surface area contributed by atoms with Gasteiger partial charge in [0.1, 0.15) is 0 Å². The minimum absolute atomic E-state index is 0.0937. The highest BCUT2D eigenvalue weighted by Crippen LogP contribution is 2.31. The second-order valence-electron chi connectivity index (χ2n) is 6.12. The average molecular weight is 405 g/mol. The molecule has 0 saturated carbocycles. The molecule has 0 fully saturated rings. The molecular formula is C22H17BrN2O. The van der Waals surface area contributed by atoms with E-state index in [-0.39, 0.29) is 11.9 Å². The van der Waals surface area contributed by atoms with E-state index in [0.717, 1.165) is 26.5 Å². The lowest BCUT2D eigenvalue weighted by molar-refractivity contribution is 0.0943. The Morgan fingerprint density at radius 3 is 2.35 bits per heavy atom. The third-order valence-corrected chi connectivity index (χ3v) is 4.92. The van der Waals surface area contributed by atoms with E-state index >= 15 is 0 Å². The van der Waals surface area contributed by atoms with Gasteiger partial charge >= 0.3 is 0 Å². The van der Waals surface area contributed by atoms with E-state index in [1.165, 1.54) is 0 Å². The van der Waals surface area contributed by atoms with Crippen molar-refractivity contribution in [3.8, 4) is 0 Å². The number of H-pyrrole nitrogens is 1. The first kappa shape index (κ1) is 16.6. The van der Waals surface area contributed by atoms with E-state index in [2.05, 4.69) is 32.3 Å². The van der Waals surface area contributed by atoms with Gasteiger partial charge < -0.3 is 10.3 Å². The fourth-order valence-electron chi connectivity index (χ4n) is 3.14. The zero-order chi connectivity index (χ0) is 17.9. The maximum absolute atomic E-state index is 12.8. The molecule has 4 rings (SSSR count). The van der Waals surface area contributed by atoms with Gasteiger partial charge in [-0.1, -0.05) is 64.5 Å². The Morgan fingerprint density at radius 1 is 0.923 bits per heavy atom. The van der Waals surface area contributed by atoms with Crippen molar-refractivity contribution in [2.75, 3.05) is 0 Å². The van der Waals surface area contributed by atoms with Gasteiger partial charge in [0, 0.05) is 32.7 Å². The molecular weight excluding hydrogens is 388 g/mol. The molecule has 3 aromatic carbocycles. The standard InChI is InChI=1S/C22H17BrN2O/c23-17-11-12-20-18(13-17)19(14-24-20)21(15-7-3-1-4-8-15)25-22(26)16-9-5-2-6-10-16/h1-14,21,24H,(H,25,26). The molecule has 1 heterocycles. The van der Waals surface area contributed by atoms with Crippen molar-refractivity contribution in [2.45, 2.75) is 6.04 Å². The van der Waals surface area contributed by atoms with E-state index in [1.807, 2.05) is 79.0 Å². The van der Waals surface area contributed by atoms with Crippen LogP contribution in [0.4, 0.5) is 0 Å². The van der Waals surface area contributed by atoms with Gasteiger partial charge in [-0.3, -0.25) is 4.79 Å². The maximum atomic E-state index is 12.8. The van der Waals surface area contributed by atoms with Gasteiger partial charge in [-0.15, -0.1) is 0 Å². The Bertz CT molecular complexity index is 1040. The number of fused-ring (bicyclic) bond motifs is 1. The normalized spacial score (nSPS) is 12.0. The number of aromatic amines is 1. The van der Waals surface area contributed by atoms with Gasteiger partial charge in [0.25, 0.3) is 5.91 Å². The molecule has 0 saturated heterocycles. The van der Waals surface area contributed by atoms with Crippen molar-refractivity contribution >= 4 is 32.7 Å². The highest BCUT2D eigenvalue weighted by Gasteiger charge is 2.21. The van der Waals surface area contributed by atoms with E-state index in [0.29, 0.717) is 5.56 Å². The lowest BCUT2D eigenvalue weighted by Crippen LogP contribution is -2.29. The number of halogens is 1. The quantitative estimate of drug-likeness (QED) is 0.466. The minimum Gasteiger partial charge on any atom is -0.361 e. The summed E-state index contributed by atoms with van der Waals surface area (Å²) in [5.41, 5.74) is 3.77. The number of carbonyl (C=O) groups excluding carboxylic acids is 1. The topological polar surface area (TPSA) is 44.9 Å². The molecule has 128 valence electrons. The lowest BCUT2D eigenvalue weighted by Gasteiger charge is -2.19. The molecule has 4 aromatic rings. The number of hydrogen-bond donors (Lipinski definition) is 2. The predicted octanol–water partition coefficient (Wildman–Crippen LogP) is 5.45. The summed E-state index contributed by atoms with van der Waals surface area (Å²) in [4.78, 5) is 16.1. The fourth-order valence-corrected chi connectivity index (χ4v) is 3.50. The molecule has 1 amide bonds. The lowest BCUT2D eigenvalue weighted by atomic mass is 9.97. The monoisotopic (exact) mass is 404 g/mol. The Balaban J connectivity index is 1.78.